The largest absolute Gasteiger partial charge is 0.297 e. The van der Waals surface area contributed by atoms with E-state index in [2.05, 4.69) is 69.6 Å². The number of hydrogen-bond acceptors (Lipinski definition) is 2. The second kappa shape index (κ2) is 5.74. The molecule has 0 heterocycles. The minimum Gasteiger partial charge on any atom is -0.297 e. The highest BCUT2D eigenvalue weighted by Crippen LogP contribution is 2.22. The first-order chi connectivity index (χ1) is 7.43. The molecule has 0 atom stereocenters. The zero-order chi connectivity index (χ0) is 12.2. The van der Waals surface area contributed by atoms with Crippen molar-refractivity contribution >= 4 is 12.6 Å². The van der Waals surface area contributed by atoms with Crippen molar-refractivity contribution in [2.75, 3.05) is 19.5 Å². The fraction of sp³-hybridized carbons (Fsp3) is 0.571. The molecule has 0 bridgehead atoms. The second-order valence-electron chi connectivity index (χ2n) is 5.42. The molecular formula is C14H23NS. The normalized spacial score (nSPS) is 12.1. The fourth-order valence-electron chi connectivity index (χ4n) is 1.56. The molecule has 0 aliphatic carbocycles. The maximum atomic E-state index is 4.24. The third kappa shape index (κ3) is 4.18. The Morgan fingerprint density at radius 2 is 1.69 bits per heavy atom. The van der Waals surface area contributed by atoms with Gasteiger partial charge >= 0.3 is 0 Å². The molecule has 1 aromatic carbocycles. The SMILES string of the molecule is CN(CS)CCc1ccc(C(C)(C)C)cc1. The molecule has 0 fully saturated rings. The Balaban J connectivity index is 2.58. The molecule has 0 saturated heterocycles. The van der Waals surface area contributed by atoms with E-state index in [1.807, 2.05) is 0 Å². The number of rotatable bonds is 4. The monoisotopic (exact) mass is 237 g/mol. The van der Waals surface area contributed by atoms with Crippen LogP contribution in [-0.2, 0) is 11.8 Å². The lowest BCUT2D eigenvalue weighted by molar-refractivity contribution is 0.399. The van der Waals surface area contributed by atoms with Crippen molar-refractivity contribution in [2.45, 2.75) is 32.6 Å². The van der Waals surface area contributed by atoms with Crippen molar-refractivity contribution < 1.29 is 0 Å². The van der Waals surface area contributed by atoms with Crippen molar-refractivity contribution in [3.05, 3.63) is 35.4 Å². The van der Waals surface area contributed by atoms with Gasteiger partial charge in [0.25, 0.3) is 0 Å². The number of nitrogens with zero attached hydrogens (tertiary/aromatic N) is 1. The summed E-state index contributed by atoms with van der Waals surface area (Å²) in [6, 6.07) is 8.98. The highest BCUT2D eigenvalue weighted by Gasteiger charge is 2.12. The predicted octanol–water partition coefficient (Wildman–Crippen LogP) is 3.35. The van der Waals surface area contributed by atoms with E-state index in [9.17, 15) is 0 Å². The summed E-state index contributed by atoms with van der Waals surface area (Å²) in [6.07, 6.45) is 1.10. The van der Waals surface area contributed by atoms with Crippen molar-refractivity contribution in [1.29, 1.82) is 0 Å². The maximum absolute atomic E-state index is 4.24. The van der Waals surface area contributed by atoms with Crippen LogP contribution in [0.2, 0.25) is 0 Å². The standard InChI is InChI=1S/C14H23NS/c1-14(2,3)13-7-5-12(6-8-13)9-10-15(4)11-16/h5-8,16H,9-11H2,1-4H3. The van der Waals surface area contributed by atoms with Crippen LogP contribution in [0.15, 0.2) is 24.3 Å². The van der Waals surface area contributed by atoms with Crippen LogP contribution in [0.4, 0.5) is 0 Å². The van der Waals surface area contributed by atoms with Crippen LogP contribution in [0.25, 0.3) is 0 Å². The van der Waals surface area contributed by atoms with Crippen LogP contribution < -0.4 is 0 Å². The van der Waals surface area contributed by atoms with Crippen molar-refractivity contribution in [2.24, 2.45) is 0 Å². The Kier molecular flexibility index (Phi) is 4.88. The third-order valence-electron chi connectivity index (χ3n) is 2.84. The quantitative estimate of drug-likeness (QED) is 0.621. The predicted molar refractivity (Wildman–Crippen MR) is 75.3 cm³/mol. The summed E-state index contributed by atoms with van der Waals surface area (Å²) in [5.74, 6) is 0.820. The van der Waals surface area contributed by atoms with Gasteiger partial charge in [0.2, 0.25) is 0 Å². The summed E-state index contributed by atoms with van der Waals surface area (Å²) < 4.78 is 0. The van der Waals surface area contributed by atoms with Crippen molar-refractivity contribution in [1.82, 2.24) is 4.90 Å². The van der Waals surface area contributed by atoms with Gasteiger partial charge in [0.15, 0.2) is 0 Å². The number of thiol groups is 1. The molecule has 0 aliphatic heterocycles. The summed E-state index contributed by atoms with van der Waals surface area (Å²) in [7, 11) is 2.09. The Hall–Kier alpha value is -0.470. The summed E-state index contributed by atoms with van der Waals surface area (Å²) in [5, 5.41) is 0. The highest BCUT2D eigenvalue weighted by atomic mass is 32.1. The van der Waals surface area contributed by atoms with Crippen LogP contribution in [-0.4, -0.2) is 24.4 Å². The summed E-state index contributed by atoms with van der Waals surface area (Å²) in [4.78, 5) is 2.21. The van der Waals surface area contributed by atoms with Gasteiger partial charge in [-0.25, -0.2) is 0 Å². The molecule has 1 rings (SSSR count). The van der Waals surface area contributed by atoms with Crippen molar-refractivity contribution in [3.63, 3.8) is 0 Å². The van der Waals surface area contributed by atoms with Crippen LogP contribution >= 0.6 is 12.6 Å². The summed E-state index contributed by atoms with van der Waals surface area (Å²) in [5.41, 5.74) is 3.06. The van der Waals surface area contributed by atoms with Crippen LogP contribution in [0.5, 0.6) is 0 Å². The first-order valence-corrected chi connectivity index (χ1v) is 6.45. The lowest BCUT2D eigenvalue weighted by atomic mass is 9.86. The molecule has 0 saturated carbocycles. The van der Waals surface area contributed by atoms with E-state index < -0.39 is 0 Å². The van der Waals surface area contributed by atoms with Gasteiger partial charge in [-0.3, -0.25) is 4.90 Å². The maximum Gasteiger partial charge on any atom is 0.0411 e. The van der Waals surface area contributed by atoms with Crippen LogP contribution in [0.1, 0.15) is 31.9 Å². The average molecular weight is 237 g/mol. The van der Waals surface area contributed by atoms with Gasteiger partial charge < -0.3 is 0 Å². The fourth-order valence-corrected chi connectivity index (χ4v) is 1.70. The van der Waals surface area contributed by atoms with Gasteiger partial charge in [0, 0.05) is 12.4 Å². The topological polar surface area (TPSA) is 3.24 Å². The summed E-state index contributed by atoms with van der Waals surface area (Å²) >= 11 is 4.24. The minimum atomic E-state index is 0.250. The summed E-state index contributed by atoms with van der Waals surface area (Å²) in [6.45, 7) is 7.81. The molecule has 0 N–H and O–H groups in total. The zero-order valence-corrected chi connectivity index (χ0v) is 11.7. The molecule has 90 valence electrons. The molecule has 16 heavy (non-hydrogen) atoms. The van der Waals surface area contributed by atoms with Gasteiger partial charge in [-0.2, -0.15) is 12.6 Å². The van der Waals surface area contributed by atoms with Gasteiger partial charge in [0.1, 0.15) is 0 Å². The molecule has 0 radical (unpaired) electrons. The second-order valence-corrected chi connectivity index (χ2v) is 5.70. The Bertz CT molecular complexity index is 311. The van der Waals surface area contributed by atoms with E-state index in [0.29, 0.717) is 0 Å². The Labute approximate surface area is 105 Å². The number of likely N-dealkylation sites (N-methyl/N-ethyl adjacent to an activating group) is 1. The smallest absolute Gasteiger partial charge is 0.0411 e. The lowest BCUT2D eigenvalue weighted by Gasteiger charge is -2.19. The van der Waals surface area contributed by atoms with Gasteiger partial charge in [-0.05, 0) is 30.0 Å². The molecule has 1 nitrogen and oxygen atoms in total. The third-order valence-corrected chi connectivity index (χ3v) is 3.33. The molecule has 0 spiro atoms. The average Bonchev–Trinajstić information content (AvgIpc) is 2.25. The lowest BCUT2D eigenvalue weighted by Crippen LogP contribution is -2.19. The van der Waals surface area contributed by atoms with E-state index in [1.54, 1.807) is 0 Å². The molecular weight excluding hydrogens is 214 g/mol. The van der Waals surface area contributed by atoms with Gasteiger partial charge in [0.05, 0.1) is 0 Å². The minimum absolute atomic E-state index is 0.250. The molecule has 2 heteroatoms. The van der Waals surface area contributed by atoms with E-state index in [1.165, 1.54) is 11.1 Å². The van der Waals surface area contributed by atoms with E-state index >= 15 is 0 Å². The highest BCUT2D eigenvalue weighted by molar-refractivity contribution is 7.80. The molecule has 1 aromatic rings. The zero-order valence-electron chi connectivity index (χ0n) is 10.8. The Morgan fingerprint density at radius 1 is 1.12 bits per heavy atom. The van der Waals surface area contributed by atoms with E-state index in [0.717, 1.165) is 18.8 Å². The van der Waals surface area contributed by atoms with Gasteiger partial charge in [-0.1, -0.05) is 45.0 Å². The van der Waals surface area contributed by atoms with Crippen LogP contribution in [0, 0.1) is 0 Å². The van der Waals surface area contributed by atoms with Gasteiger partial charge in [-0.15, -0.1) is 0 Å². The molecule has 0 aromatic heterocycles. The first kappa shape index (κ1) is 13.6. The number of hydrogen-bond donors (Lipinski definition) is 1. The Morgan fingerprint density at radius 3 is 2.12 bits per heavy atom. The molecule has 0 amide bonds. The van der Waals surface area contributed by atoms with Crippen molar-refractivity contribution in [3.8, 4) is 0 Å². The van der Waals surface area contributed by atoms with E-state index in [-0.39, 0.29) is 5.41 Å². The first-order valence-electron chi connectivity index (χ1n) is 5.82. The molecule has 0 aliphatic rings. The van der Waals surface area contributed by atoms with Crippen LogP contribution in [0.3, 0.4) is 0 Å². The number of benzene rings is 1. The van der Waals surface area contributed by atoms with E-state index in [4.69, 9.17) is 0 Å². The molecule has 0 unspecified atom stereocenters.